The van der Waals surface area contributed by atoms with Crippen LogP contribution in [0.5, 0.6) is 0 Å². The van der Waals surface area contributed by atoms with Gasteiger partial charge >= 0.3 is 0 Å². The minimum absolute atomic E-state index is 0.0403. The number of carbonyl (C=O) groups is 2. The van der Waals surface area contributed by atoms with Gasteiger partial charge in [-0.1, -0.05) is 24.3 Å². The molecule has 1 fully saturated rings. The molecule has 1 heterocycles. The summed E-state index contributed by atoms with van der Waals surface area (Å²) in [5.41, 5.74) is 2.00. The lowest BCUT2D eigenvalue weighted by molar-refractivity contribution is 0.0942. The van der Waals surface area contributed by atoms with E-state index >= 15 is 0 Å². The maximum absolute atomic E-state index is 12.6. The Kier molecular flexibility index (Phi) is 2.85. The van der Waals surface area contributed by atoms with E-state index in [4.69, 9.17) is 0 Å². The van der Waals surface area contributed by atoms with Gasteiger partial charge in [0, 0.05) is 31.3 Å². The quantitative estimate of drug-likeness (QED) is 0.873. The monoisotopic (exact) mass is 256 g/mol. The van der Waals surface area contributed by atoms with Gasteiger partial charge < -0.3 is 10.2 Å². The number of allylic oxidation sites excluding steroid dienone is 2. The van der Waals surface area contributed by atoms with Gasteiger partial charge in [0.25, 0.3) is 0 Å². The molecule has 2 aliphatic rings. The summed E-state index contributed by atoms with van der Waals surface area (Å²) in [6.45, 7) is 1.70. The highest BCUT2D eigenvalue weighted by Gasteiger charge is 2.35. The number of Topliss-reactive ketones (excluding diaryl/α,β-unsaturated/α-hetero) is 2. The maximum atomic E-state index is 12.6. The molecule has 19 heavy (non-hydrogen) atoms. The zero-order valence-corrected chi connectivity index (χ0v) is 10.9. The summed E-state index contributed by atoms with van der Waals surface area (Å²) < 4.78 is 0. The largest absolute Gasteiger partial charge is 0.383 e. The second-order valence-corrected chi connectivity index (χ2v) is 4.87. The molecule has 0 saturated carbocycles. The van der Waals surface area contributed by atoms with Crippen molar-refractivity contribution >= 4 is 11.6 Å². The lowest BCUT2D eigenvalue weighted by atomic mass is 9.90. The Balaban J connectivity index is 2.15. The van der Waals surface area contributed by atoms with Crippen molar-refractivity contribution < 1.29 is 9.59 Å². The molecule has 98 valence electrons. The number of hydrogen-bond acceptors (Lipinski definition) is 4. The summed E-state index contributed by atoms with van der Waals surface area (Å²) in [5, 5.41) is 2.92. The van der Waals surface area contributed by atoms with E-state index in [1.807, 2.05) is 4.90 Å². The highest BCUT2D eigenvalue weighted by molar-refractivity contribution is 6.26. The molecule has 1 saturated heterocycles. The van der Waals surface area contributed by atoms with Crippen molar-refractivity contribution in [2.75, 3.05) is 20.1 Å². The third kappa shape index (κ3) is 1.75. The Morgan fingerprint density at radius 1 is 1.00 bits per heavy atom. The fraction of sp³-hybridized carbons (Fsp3) is 0.333. The zero-order valence-electron chi connectivity index (χ0n) is 10.9. The average Bonchev–Trinajstić information content (AvgIpc) is 2.96. The third-order valence-corrected chi connectivity index (χ3v) is 3.77. The summed E-state index contributed by atoms with van der Waals surface area (Å²) in [6.07, 6.45) is 2.15. The van der Waals surface area contributed by atoms with Crippen LogP contribution in [0.1, 0.15) is 33.6 Å². The van der Waals surface area contributed by atoms with E-state index in [1.54, 1.807) is 31.3 Å². The highest BCUT2D eigenvalue weighted by atomic mass is 16.1. The Morgan fingerprint density at radius 2 is 1.58 bits per heavy atom. The number of nitrogens with one attached hydrogen (secondary N) is 1. The molecule has 0 atom stereocenters. The number of likely N-dealkylation sites (N-methyl/N-ethyl adjacent to an activating group) is 1. The second kappa shape index (κ2) is 4.53. The number of carbonyl (C=O) groups excluding carboxylic acids is 2. The van der Waals surface area contributed by atoms with Gasteiger partial charge in [0.1, 0.15) is 11.4 Å². The van der Waals surface area contributed by atoms with Crippen molar-refractivity contribution in [2.24, 2.45) is 0 Å². The third-order valence-electron chi connectivity index (χ3n) is 3.77. The van der Waals surface area contributed by atoms with Gasteiger partial charge in [-0.15, -0.1) is 0 Å². The molecule has 1 N–H and O–H groups in total. The molecule has 0 bridgehead atoms. The Morgan fingerprint density at radius 3 is 2.16 bits per heavy atom. The lowest BCUT2D eigenvalue weighted by Gasteiger charge is -2.27. The summed E-state index contributed by atoms with van der Waals surface area (Å²) >= 11 is 0. The molecule has 0 radical (unpaired) electrons. The van der Waals surface area contributed by atoms with Crippen LogP contribution in [0.4, 0.5) is 0 Å². The van der Waals surface area contributed by atoms with Gasteiger partial charge in [-0.2, -0.15) is 0 Å². The van der Waals surface area contributed by atoms with Crippen LogP contribution in [0.2, 0.25) is 0 Å². The van der Waals surface area contributed by atoms with Gasteiger partial charge in [-0.3, -0.25) is 9.59 Å². The minimum atomic E-state index is -0.0837. The number of benzene rings is 1. The second-order valence-electron chi connectivity index (χ2n) is 4.87. The Labute approximate surface area is 112 Å². The van der Waals surface area contributed by atoms with Gasteiger partial charge in [-0.05, 0) is 12.8 Å². The molecule has 1 aromatic carbocycles. The number of fused-ring (bicyclic) bond motifs is 1. The van der Waals surface area contributed by atoms with Crippen LogP contribution in [0.15, 0.2) is 35.7 Å². The predicted octanol–water partition coefficient (Wildman–Crippen LogP) is 1.59. The van der Waals surface area contributed by atoms with E-state index < -0.39 is 0 Å². The minimum Gasteiger partial charge on any atom is -0.383 e. The van der Waals surface area contributed by atoms with Gasteiger partial charge in [-0.25, -0.2) is 0 Å². The summed E-state index contributed by atoms with van der Waals surface area (Å²) in [4.78, 5) is 27.1. The molecule has 0 aromatic heterocycles. The molecule has 0 amide bonds. The smallest absolute Gasteiger partial charge is 0.212 e. The van der Waals surface area contributed by atoms with Crippen molar-refractivity contribution in [1.29, 1.82) is 0 Å². The average molecular weight is 256 g/mol. The molecule has 0 spiro atoms. The van der Waals surface area contributed by atoms with Gasteiger partial charge in [0.15, 0.2) is 0 Å². The molecule has 1 aromatic rings. The predicted molar refractivity (Wildman–Crippen MR) is 72.0 cm³/mol. The molecule has 3 rings (SSSR count). The van der Waals surface area contributed by atoms with Gasteiger partial charge in [0.2, 0.25) is 11.6 Å². The Bertz CT molecular complexity index is 584. The maximum Gasteiger partial charge on any atom is 0.212 e. The zero-order chi connectivity index (χ0) is 13.4. The fourth-order valence-electron chi connectivity index (χ4n) is 2.84. The van der Waals surface area contributed by atoms with E-state index in [0.29, 0.717) is 22.5 Å². The Hall–Kier alpha value is -2.10. The van der Waals surface area contributed by atoms with Crippen molar-refractivity contribution in [3.8, 4) is 0 Å². The highest BCUT2D eigenvalue weighted by Crippen LogP contribution is 2.29. The van der Waals surface area contributed by atoms with E-state index in [2.05, 4.69) is 5.32 Å². The summed E-state index contributed by atoms with van der Waals surface area (Å²) in [6, 6.07) is 7.04. The number of rotatable bonds is 2. The van der Waals surface area contributed by atoms with E-state index in [9.17, 15) is 9.59 Å². The van der Waals surface area contributed by atoms with Crippen LogP contribution < -0.4 is 5.32 Å². The fourth-order valence-corrected chi connectivity index (χ4v) is 2.84. The summed E-state index contributed by atoms with van der Waals surface area (Å²) in [7, 11) is 1.70. The van der Waals surface area contributed by atoms with Crippen LogP contribution in [-0.2, 0) is 0 Å². The number of hydrogen-bond donors (Lipinski definition) is 1. The number of likely N-dealkylation sites (tertiary alicyclic amines) is 1. The van der Waals surface area contributed by atoms with Crippen LogP contribution in [0.3, 0.4) is 0 Å². The first-order valence-corrected chi connectivity index (χ1v) is 6.59. The topological polar surface area (TPSA) is 49.4 Å². The molecular formula is C15H16N2O2. The van der Waals surface area contributed by atoms with Crippen LogP contribution in [-0.4, -0.2) is 36.6 Å². The van der Waals surface area contributed by atoms with Crippen molar-refractivity contribution in [2.45, 2.75) is 12.8 Å². The molecular weight excluding hydrogens is 240 g/mol. The van der Waals surface area contributed by atoms with E-state index in [1.165, 1.54) is 0 Å². The molecule has 4 heteroatoms. The molecule has 1 aliphatic carbocycles. The SMILES string of the molecule is CNC1=C(N2CCCC2)C(=O)c2ccccc2C1=O. The van der Waals surface area contributed by atoms with Crippen molar-refractivity contribution in [3.63, 3.8) is 0 Å². The van der Waals surface area contributed by atoms with E-state index in [-0.39, 0.29) is 11.6 Å². The first-order valence-electron chi connectivity index (χ1n) is 6.59. The van der Waals surface area contributed by atoms with E-state index in [0.717, 1.165) is 25.9 Å². The molecule has 4 nitrogen and oxygen atoms in total. The van der Waals surface area contributed by atoms with Crippen LogP contribution in [0.25, 0.3) is 0 Å². The standard InChI is InChI=1S/C15H16N2O2/c1-16-12-13(17-8-4-5-9-17)15(19)11-7-3-2-6-10(11)14(12)18/h2-3,6-7,16H,4-5,8-9H2,1H3. The first-order chi connectivity index (χ1) is 9.24. The lowest BCUT2D eigenvalue weighted by Crippen LogP contribution is -2.36. The normalized spacial score (nSPS) is 18.9. The number of nitrogens with zero attached hydrogens (tertiary/aromatic N) is 1. The first kappa shape index (κ1) is 12.0. The number of ketones is 2. The van der Waals surface area contributed by atoms with Crippen LogP contribution in [0, 0.1) is 0 Å². The summed E-state index contributed by atoms with van der Waals surface area (Å²) in [5.74, 6) is -0.124. The molecule has 0 unspecified atom stereocenters. The van der Waals surface area contributed by atoms with Crippen LogP contribution >= 0.6 is 0 Å². The van der Waals surface area contributed by atoms with Crippen molar-refractivity contribution in [1.82, 2.24) is 10.2 Å². The van der Waals surface area contributed by atoms with Crippen molar-refractivity contribution in [3.05, 3.63) is 46.8 Å². The molecule has 1 aliphatic heterocycles. The van der Waals surface area contributed by atoms with Gasteiger partial charge in [0.05, 0.1) is 0 Å².